The Morgan fingerprint density at radius 1 is 0.811 bits per heavy atom. The van der Waals surface area contributed by atoms with Crippen LogP contribution in [0.2, 0.25) is 0 Å². The van der Waals surface area contributed by atoms with Gasteiger partial charge >= 0.3 is 0 Å². The molecular formula is C26H24N4O5S2. The maximum atomic E-state index is 13.4. The number of carbonyl (C=O) groups excluding carboxylic acids is 1. The Morgan fingerprint density at radius 3 is 2.16 bits per heavy atom. The van der Waals surface area contributed by atoms with Gasteiger partial charge in [-0.05, 0) is 73.2 Å². The van der Waals surface area contributed by atoms with E-state index in [0.29, 0.717) is 11.4 Å². The Balaban J connectivity index is 1.53. The molecule has 2 N–H and O–H groups in total. The summed E-state index contributed by atoms with van der Waals surface area (Å²) < 4.78 is 55.4. The lowest BCUT2D eigenvalue weighted by atomic mass is 10.2. The van der Waals surface area contributed by atoms with Gasteiger partial charge in [0.1, 0.15) is 12.4 Å². The van der Waals surface area contributed by atoms with E-state index in [1.165, 1.54) is 48.7 Å². The Bertz CT molecular complexity index is 1590. The third-order valence-electron chi connectivity index (χ3n) is 5.26. The molecule has 0 unspecified atom stereocenters. The van der Waals surface area contributed by atoms with Crippen molar-refractivity contribution in [3.05, 3.63) is 109 Å². The van der Waals surface area contributed by atoms with Crippen molar-refractivity contribution in [2.45, 2.75) is 16.7 Å². The van der Waals surface area contributed by atoms with Crippen molar-refractivity contribution in [1.29, 1.82) is 0 Å². The van der Waals surface area contributed by atoms with Crippen molar-refractivity contribution < 1.29 is 21.6 Å². The summed E-state index contributed by atoms with van der Waals surface area (Å²) >= 11 is 0. The van der Waals surface area contributed by atoms with Crippen LogP contribution in [0.4, 0.5) is 17.2 Å². The Hall–Kier alpha value is -4.22. The zero-order chi connectivity index (χ0) is 26.5. The first-order chi connectivity index (χ1) is 17.6. The van der Waals surface area contributed by atoms with E-state index in [9.17, 15) is 21.6 Å². The molecule has 1 aromatic heterocycles. The lowest BCUT2D eigenvalue weighted by Crippen LogP contribution is -2.38. The largest absolute Gasteiger partial charge is 0.325 e. The second kappa shape index (κ2) is 10.8. The van der Waals surface area contributed by atoms with Crippen LogP contribution in [0.25, 0.3) is 0 Å². The van der Waals surface area contributed by atoms with Crippen molar-refractivity contribution in [2.75, 3.05) is 20.9 Å². The highest BCUT2D eigenvalue weighted by atomic mass is 32.2. The molecule has 0 aliphatic carbocycles. The molecular weight excluding hydrogens is 512 g/mol. The summed E-state index contributed by atoms with van der Waals surface area (Å²) in [4.78, 5) is 16.9. The summed E-state index contributed by atoms with van der Waals surface area (Å²) in [5.74, 6) is -0.418. The number of carbonyl (C=O) groups is 1. The van der Waals surface area contributed by atoms with Crippen LogP contribution in [-0.2, 0) is 24.8 Å². The first-order valence-corrected chi connectivity index (χ1v) is 14.1. The molecule has 4 rings (SSSR count). The van der Waals surface area contributed by atoms with Gasteiger partial charge < -0.3 is 5.32 Å². The van der Waals surface area contributed by atoms with Crippen molar-refractivity contribution >= 4 is 43.1 Å². The number of sulfonamides is 2. The first-order valence-electron chi connectivity index (χ1n) is 11.1. The smallest absolute Gasteiger partial charge is 0.264 e. The summed E-state index contributed by atoms with van der Waals surface area (Å²) in [7, 11) is -7.92. The molecule has 0 fully saturated rings. The Kier molecular flexibility index (Phi) is 7.55. The van der Waals surface area contributed by atoms with Gasteiger partial charge in [0.2, 0.25) is 5.91 Å². The number of anilines is 3. The van der Waals surface area contributed by atoms with Gasteiger partial charge in [0.15, 0.2) is 0 Å². The Labute approximate surface area is 215 Å². The number of nitrogens with one attached hydrogen (secondary N) is 2. The van der Waals surface area contributed by atoms with Crippen molar-refractivity contribution in [1.82, 2.24) is 4.98 Å². The second-order valence-electron chi connectivity index (χ2n) is 8.06. The molecule has 0 saturated carbocycles. The van der Waals surface area contributed by atoms with E-state index in [1.54, 1.807) is 48.5 Å². The van der Waals surface area contributed by atoms with Gasteiger partial charge in [-0.15, -0.1) is 0 Å². The lowest BCUT2D eigenvalue weighted by Gasteiger charge is -2.24. The van der Waals surface area contributed by atoms with Crippen molar-refractivity contribution in [3.63, 3.8) is 0 Å². The number of amides is 1. The minimum Gasteiger partial charge on any atom is -0.325 e. The molecule has 1 amide bonds. The number of aryl methyl sites for hydroxylation is 1. The van der Waals surface area contributed by atoms with Gasteiger partial charge in [0.25, 0.3) is 20.0 Å². The number of nitrogens with zero attached hydrogens (tertiary/aromatic N) is 2. The van der Waals surface area contributed by atoms with E-state index >= 15 is 0 Å². The number of pyridine rings is 1. The summed E-state index contributed by atoms with van der Waals surface area (Å²) in [6.07, 6.45) is 1.47. The maximum absolute atomic E-state index is 13.4. The molecule has 0 aliphatic rings. The molecule has 0 spiro atoms. The molecule has 9 nitrogen and oxygen atoms in total. The zero-order valence-corrected chi connectivity index (χ0v) is 21.4. The zero-order valence-electron chi connectivity index (χ0n) is 19.8. The highest BCUT2D eigenvalue weighted by molar-refractivity contribution is 7.93. The molecule has 0 radical (unpaired) electrons. The number of hydrogen-bond acceptors (Lipinski definition) is 6. The summed E-state index contributed by atoms with van der Waals surface area (Å²) in [5, 5.41) is 2.64. The fraction of sp³-hybridized carbons (Fsp3) is 0.0769. The lowest BCUT2D eigenvalue weighted by molar-refractivity contribution is -0.114. The van der Waals surface area contributed by atoms with Crippen LogP contribution >= 0.6 is 0 Å². The predicted molar refractivity (Wildman–Crippen MR) is 142 cm³/mol. The number of benzene rings is 3. The van der Waals surface area contributed by atoms with Gasteiger partial charge in [0, 0.05) is 11.9 Å². The number of hydrogen-bond donors (Lipinski definition) is 2. The SMILES string of the molecule is Cc1cccc(N(CC(=O)Nc2ccc(S(=O)(=O)Nc3ccccn3)cc2)S(=O)(=O)c2ccccc2)c1. The molecule has 0 aliphatic heterocycles. The molecule has 4 aromatic rings. The van der Waals surface area contributed by atoms with Crippen LogP contribution in [0.15, 0.2) is 113 Å². The Morgan fingerprint density at radius 2 is 1.51 bits per heavy atom. The summed E-state index contributed by atoms with van der Waals surface area (Å²) in [6.45, 7) is 1.34. The summed E-state index contributed by atoms with van der Waals surface area (Å²) in [5.41, 5.74) is 1.49. The molecule has 37 heavy (non-hydrogen) atoms. The third kappa shape index (κ3) is 6.32. The predicted octanol–water partition coefficient (Wildman–Crippen LogP) is 4.02. The fourth-order valence-corrected chi connectivity index (χ4v) is 5.93. The first kappa shape index (κ1) is 25.9. The highest BCUT2D eigenvalue weighted by Gasteiger charge is 2.27. The molecule has 0 atom stereocenters. The molecule has 0 saturated heterocycles. The van der Waals surface area contributed by atoms with Gasteiger partial charge in [-0.3, -0.25) is 13.8 Å². The van der Waals surface area contributed by atoms with E-state index in [4.69, 9.17) is 0 Å². The normalized spacial score (nSPS) is 11.5. The third-order valence-corrected chi connectivity index (χ3v) is 8.42. The van der Waals surface area contributed by atoms with Gasteiger partial charge in [-0.1, -0.05) is 36.4 Å². The molecule has 3 aromatic carbocycles. The van der Waals surface area contributed by atoms with E-state index in [-0.39, 0.29) is 15.6 Å². The monoisotopic (exact) mass is 536 g/mol. The van der Waals surface area contributed by atoms with Crippen molar-refractivity contribution in [3.8, 4) is 0 Å². The molecule has 0 bridgehead atoms. The van der Waals surface area contributed by atoms with Gasteiger partial charge in [0.05, 0.1) is 15.5 Å². The highest BCUT2D eigenvalue weighted by Crippen LogP contribution is 2.25. The number of rotatable bonds is 9. The van der Waals surface area contributed by atoms with Gasteiger partial charge in [-0.25, -0.2) is 21.8 Å². The van der Waals surface area contributed by atoms with E-state index in [2.05, 4.69) is 15.0 Å². The average molecular weight is 537 g/mol. The fourth-order valence-electron chi connectivity index (χ4n) is 3.49. The second-order valence-corrected chi connectivity index (χ2v) is 11.6. The van der Waals surface area contributed by atoms with Crippen LogP contribution < -0.4 is 14.3 Å². The quantitative estimate of drug-likeness (QED) is 0.333. The van der Waals surface area contributed by atoms with Crippen LogP contribution in [-0.4, -0.2) is 34.3 Å². The average Bonchev–Trinajstić information content (AvgIpc) is 2.88. The number of aromatic nitrogens is 1. The minimum absolute atomic E-state index is 0.0239. The topological polar surface area (TPSA) is 126 Å². The molecule has 190 valence electrons. The summed E-state index contributed by atoms with van der Waals surface area (Å²) in [6, 6.07) is 25.1. The van der Waals surface area contributed by atoms with Crippen LogP contribution in [0.3, 0.4) is 0 Å². The van der Waals surface area contributed by atoms with Crippen LogP contribution in [0.5, 0.6) is 0 Å². The van der Waals surface area contributed by atoms with E-state index in [1.807, 2.05) is 13.0 Å². The van der Waals surface area contributed by atoms with Crippen molar-refractivity contribution in [2.24, 2.45) is 0 Å². The molecule has 1 heterocycles. The van der Waals surface area contributed by atoms with E-state index < -0.39 is 32.5 Å². The minimum atomic E-state index is -4.04. The molecule has 11 heteroatoms. The van der Waals surface area contributed by atoms with E-state index in [0.717, 1.165) is 9.87 Å². The van der Waals surface area contributed by atoms with Crippen LogP contribution in [0.1, 0.15) is 5.56 Å². The van der Waals surface area contributed by atoms with Crippen LogP contribution in [0, 0.1) is 6.92 Å². The standard InChI is InChI=1S/C26H24N4O5S2/c1-20-8-7-9-22(18-20)30(37(34,35)24-10-3-2-4-11-24)19-26(31)28-21-13-15-23(16-14-21)36(32,33)29-25-12-5-6-17-27-25/h2-18H,19H2,1H3,(H,27,29)(H,28,31). The maximum Gasteiger partial charge on any atom is 0.264 e. The van der Waals surface area contributed by atoms with Gasteiger partial charge in [-0.2, -0.15) is 0 Å².